The number of thiophene rings is 1. The highest BCUT2D eigenvalue weighted by molar-refractivity contribution is 7.14. The normalized spacial score (nSPS) is 10.8. The first kappa shape index (κ1) is 15.0. The van der Waals surface area contributed by atoms with Gasteiger partial charge in [0.1, 0.15) is 0 Å². The van der Waals surface area contributed by atoms with Gasteiger partial charge in [-0.3, -0.25) is 4.98 Å². The van der Waals surface area contributed by atoms with E-state index in [1.54, 1.807) is 13.0 Å². The molecule has 106 valence electrons. The largest absolute Gasteiger partial charge is 0.462 e. The van der Waals surface area contributed by atoms with Crippen molar-refractivity contribution in [1.29, 1.82) is 0 Å². The van der Waals surface area contributed by atoms with Gasteiger partial charge in [-0.15, -0.1) is 11.3 Å². The van der Waals surface area contributed by atoms with Gasteiger partial charge in [0.05, 0.1) is 27.9 Å². The van der Waals surface area contributed by atoms with Crippen molar-refractivity contribution in [2.45, 2.75) is 26.7 Å². The molecule has 0 unspecified atom stereocenters. The van der Waals surface area contributed by atoms with Gasteiger partial charge < -0.3 is 4.74 Å². The lowest BCUT2D eigenvalue weighted by molar-refractivity contribution is 0.0524. The number of aromatic nitrogens is 1. The van der Waals surface area contributed by atoms with E-state index in [0.717, 1.165) is 21.3 Å². The number of halogens is 1. The number of esters is 1. The van der Waals surface area contributed by atoms with E-state index in [-0.39, 0.29) is 11.9 Å². The van der Waals surface area contributed by atoms with E-state index in [9.17, 15) is 4.79 Å². The maximum absolute atomic E-state index is 11.9. The molecule has 2 rings (SSSR count). The minimum atomic E-state index is -0.321. The van der Waals surface area contributed by atoms with Gasteiger partial charge in [-0.25, -0.2) is 4.79 Å². The Morgan fingerprint density at radius 1 is 1.45 bits per heavy atom. The van der Waals surface area contributed by atoms with Crippen LogP contribution in [0.1, 0.15) is 42.7 Å². The predicted octanol–water partition coefficient (Wildman–Crippen LogP) is 4.76. The fourth-order valence-corrected chi connectivity index (χ4v) is 2.78. The highest BCUT2D eigenvalue weighted by atomic mass is 35.5. The lowest BCUT2D eigenvalue weighted by Gasteiger charge is -2.12. The zero-order chi connectivity index (χ0) is 14.7. The van der Waals surface area contributed by atoms with Crippen LogP contribution in [0.4, 0.5) is 0 Å². The second kappa shape index (κ2) is 6.37. The van der Waals surface area contributed by atoms with E-state index in [4.69, 9.17) is 16.3 Å². The molecule has 0 bridgehead atoms. The molecular weight excluding hydrogens is 294 g/mol. The van der Waals surface area contributed by atoms with Crippen LogP contribution in [0, 0.1) is 0 Å². The molecule has 0 N–H and O–H groups in total. The molecule has 20 heavy (non-hydrogen) atoms. The third-order valence-corrected chi connectivity index (χ3v) is 3.92. The molecule has 5 heteroatoms. The van der Waals surface area contributed by atoms with Crippen LogP contribution in [0.25, 0.3) is 11.3 Å². The van der Waals surface area contributed by atoms with Crippen molar-refractivity contribution in [3.05, 3.63) is 39.2 Å². The van der Waals surface area contributed by atoms with Crippen LogP contribution >= 0.6 is 22.9 Å². The first-order valence-corrected chi connectivity index (χ1v) is 7.71. The summed E-state index contributed by atoms with van der Waals surface area (Å²) in [5, 5.41) is 1.96. The summed E-state index contributed by atoms with van der Waals surface area (Å²) in [5.74, 6) is -0.179. The molecule has 0 aliphatic heterocycles. The third-order valence-electron chi connectivity index (χ3n) is 2.83. The van der Waals surface area contributed by atoms with Crippen LogP contribution in [0.5, 0.6) is 0 Å². The summed E-state index contributed by atoms with van der Waals surface area (Å²) in [7, 11) is 0. The number of nitrogens with zero attached hydrogens (tertiary/aromatic N) is 1. The van der Waals surface area contributed by atoms with Crippen LogP contribution in [-0.2, 0) is 4.74 Å². The number of hydrogen-bond acceptors (Lipinski definition) is 4. The van der Waals surface area contributed by atoms with Crippen LogP contribution < -0.4 is 0 Å². The summed E-state index contributed by atoms with van der Waals surface area (Å²) in [5.41, 5.74) is 3.08. The minimum Gasteiger partial charge on any atom is -0.462 e. The fourth-order valence-electron chi connectivity index (χ4n) is 1.90. The highest BCUT2D eigenvalue weighted by Crippen LogP contribution is 2.29. The summed E-state index contributed by atoms with van der Waals surface area (Å²) >= 11 is 7.42. The number of pyridine rings is 1. The van der Waals surface area contributed by atoms with Crippen LogP contribution in [0.3, 0.4) is 0 Å². The van der Waals surface area contributed by atoms with E-state index >= 15 is 0 Å². The highest BCUT2D eigenvalue weighted by Gasteiger charge is 2.17. The second-order valence-electron chi connectivity index (χ2n) is 4.64. The van der Waals surface area contributed by atoms with Gasteiger partial charge in [-0.2, -0.15) is 0 Å². The molecule has 0 aliphatic rings. The lowest BCUT2D eigenvalue weighted by Crippen LogP contribution is -2.11. The molecule has 0 aromatic carbocycles. The molecule has 0 aliphatic carbocycles. The van der Waals surface area contributed by atoms with E-state index in [2.05, 4.69) is 4.98 Å². The number of carbonyl (C=O) groups excluding carboxylic acids is 1. The van der Waals surface area contributed by atoms with Gasteiger partial charge in [0.25, 0.3) is 0 Å². The van der Waals surface area contributed by atoms with Crippen molar-refractivity contribution in [2.24, 2.45) is 0 Å². The zero-order valence-corrected chi connectivity index (χ0v) is 13.2. The summed E-state index contributed by atoms with van der Waals surface area (Å²) in [4.78, 5) is 16.5. The average molecular weight is 310 g/mol. The Hall–Kier alpha value is -1.39. The van der Waals surface area contributed by atoms with E-state index in [1.165, 1.54) is 11.3 Å². The summed E-state index contributed by atoms with van der Waals surface area (Å²) in [6.45, 7) is 6.17. The van der Waals surface area contributed by atoms with Gasteiger partial charge in [0.2, 0.25) is 0 Å². The molecule has 2 aromatic rings. The fraction of sp³-hybridized carbons (Fsp3) is 0.333. The number of hydrogen-bond donors (Lipinski definition) is 0. The van der Waals surface area contributed by atoms with Gasteiger partial charge >= 0.3 is 5.97 Å². The zero-order valence-electron chi connectivity index (χ0n) is 11.6. The number of rotatable bonds is 4. The molecule has 0 atom stereocenters. The molecule has 0 spiro atoms. The standard InChI is InChI=1S/C15H16ClNO2S/c1-4-19-15(18)11-5-6-12(17-14(11)9(2)3)10-7-13(16)20-8-10/h5-9H,4H2,1-3H3. The maximum Gasteiger partial charge on any atom is 0.339 e. The summed E-state index contributed by atoms with van der Waals surface area (Å²) < 4.78 is 5.79. The first-order chi connectivity index (χ1) is 9.52. The van der Waals surface area contributed by atoms with Gasteiger partial charge in [0, 0.05) is 10.9 Å². The van der Waals surface area contributed by atoms with E-state index < -0.39 is 0 Å². The smallest absolute Gasteiger partial charge is 0.339 e. The molecule has 0 saturated carbocycles. The van der Waals surface area contributed by atoms with Crippen LogP contribution in [0.2, 0.25) is 4.34 Å². The molecule has 2 aromatic heterocycles. The average Bonchev–Trinajstić information content (AvgIpc) is 2.85. The lowest BCUT2D eigenvalue weighted by atomic mass is 10.0. The molecule has 0 radical (unpaired) electrons. The quantitative estimate of drug-likeness (QED) is 0.764. The van der Waals surface area contributed by atoms with Crippen molar-refractivity contribution in [3.63, 3.8) is 0 Å². The predicted molar refractivity (Wildman–Crippen MR) is 82.6 cm³/mol. The maximum atomic E-state index is 11.9. The Morgan fingerprint density at radius 2 is 2.20 bits per heavy atom. The van der Waals surface area contributed by atoms with Gasteiger partial charge in [-0.1, -0.05) is 25.4 Å². The molecule has 0 fully saturated rings. The molecule has 0 amide bonds. The number of ether oxygens (including phenoxy) is 1. The van der Waals surface area contributed by atoms with Gasteiger partial charge in [-0.05, 0) is 31.0 Å². The second-order valence-corrected chi connectivity index (χ2v) is 6.19. The molecular formula is C15H16ClNO2S. The summed E-state index contributed by atoms with van der Waals surface area (Å²) in [6, 6.07) is 5.49. The van der Waals surface area contributed by atoms with E-state index in [0.29, 0.717) is 12.2 Å². The molecule has 3 nitrogen and oxygen atoms in total. The van der Waals surface area contributed by atoms with Crippen molar-refractivity contribution in [1.82, 2.24) is 4.98 Å². The summed E-state index contributed by atoms with van der Waals surface area (Å²) in [6.07, 6.45) is 0. The Bertz CT molecular complexity index is 622. The van der Waals surface area contributed by atoms with Crippen molar-refractivity contribution in [2.75, 3.05) is 6.61 Å². The molecule has 0 saturated heterocycles. The van der Waals surface area contributed by atoms with E-state index in [1.807, 2.05) is 31.4 Å². The first-order valence-electron chi connectivity index (χ1n) is 6.45. The van der Waals surface area contributed by atoms with Gasteiger partial charge in [0.15, 0.2) is 0 Å². The van der Waals surface area contributed by atoms with Crippen molar-refractivity contribution in [3.8, 4) is 11.3 Å². The van der Waals surface area contributed by atoms with Crippen molar-refractivity contribution < 1.29 is 9.53 Å². The van der Waals surface area contributed by atoms with Crippen LogP contribution in [-0.4, -0.2) is 17.6 Å². The third kappa shape index (κ3) is 3.19. The monoisotopic (exact) mass is 309 g/mol. The Morgan fingerprint density at radius 3 is 2.75 bits per heavy atom. The topological polar surface area (TPSA) is 39.2 Å². The Balaban J connectivity index is 2.45. The Labute approximate surface area is 127 Å². The minimum absolute atomic E-state index is 0.142. The van der Waals surface area contributed by atoms with Crippen LogP contribution in [0.15, 0.2) is 23.6 Å². The van der Waals surface area contributed by atoms with Crippen molar-refractivity contribution >= 4 is 28.9 Å². The SMILES string of the molecule is CCOC(=O)c1ccc(-c2csc(Cl)c2)nc1C(C)C. The Kier molecular flexibility index (Phi) is 4.78. The number of carbonyl (C=O) groups is 1. The molecule has 2 heterocycles.